The summed E-state index contributed by atoms with van der Waals surface area (Å²) in [6.45, 7) is 13.7. The lowest BCUT2D eigenvalue weighted by Gasteiger charge is -2.21. The van der Waals surface area contributed by atoms with Crippen LogP contribution in [0.15, 0.2) is 23.2 Å². The van der Waals surface area contributed by atoms with E-state index in [1.165, 1.54) is 6.42 Å². The summed E-state index contributed by atoms with van der Waals surface area (Å²) in [7, 11) is 3.37. The molecule has 1 aromatic carbocycles. The minimum atomic E-state index is 0. The smallest absolute Gasteiger partial charge is 0.191 e. The second-order valence-corrected chi connectivity index (χ2v) is 6.90. The molecule has 0 fully saturated rings. The van der Waals surface area contributed by atoms with Crippen molar-refractivity contribution in [2.24, 2.45) is 4.99 Å². The molecule has 0 radical (unpaired) electrons. The second kappa shape index (κ2) is 16.6. The zero-order valence-electron chi connectivity index (χ0n) is 19.1. The van der Waals surface area contributed by atoms with Crippen LogP contribution in [-0.2, 0) is 6.42 Å². The van der Waals surface area contributed by atoms with Gasteiger partial charge in [-0.1, -0.05) is 13.8 Å². The summed E-state index contributed by atoms with van der Waals surface area (Å²) < 4.78 is 10.8. The van der Waals surface area contributed by atoms with Gasteiger partial charge in [-0.3, -0.25) is 4.99 Å². The highest BCUT2D eigenvalue weighted by Crippen LogP contribution is 2.24. The van der Waals surface area contributed by atoms with Gasteiger partial charge in [-0.05, 0) is 76.5 Å². The zero-order valence-corrected chi connectivity index (χ0v) is 21.4. The Balaban J connectivity index is 0.00000784. The van der Waals surface area contributed by atoms with E-state index in [9.17, 15) is 0 Å². The molecule has 0 saturated carbocycles. The maximum atomic E-state index is 5.46. The average molecular weight is 521 g/mol. The van der Waals surface area contributed by atoms with Gasteiger partial charge in [-0.25, -0.2) is 0 Å². The maximum absolute atomic E-state index is 5.46. The summed E-state index contributed by atoms with van der Waals surface area (Å²) in [5, 5.41) is 6.87. The Morgan fingerprint density at radius 2 is 1.86 bits per heavy atom. The van der Waals surface area contributed by atoms with Crippen molar-refractivity contribution < 1.29 is 9.47 Å². The number of halogens is 1. The predicted molar refractivity (Wildman–Crippen MR) is 134 cm³/mol. The van der Waals surface area contributed by atoms with Gasteiger partial charge >= 0.3 is 0 Å². The van der Waals surface area contributed by atoms with Crippen LogP contribution in [-0.4, -0.2) is 63.8 Å². The molecule has 2 N–H and O–H groups in total. The van der Waals surface area contributed by atoms with Gasteiger partial charge in [0.15, 0.2) is 5.96 Å². The fourth-order valence-electron chi connectivity index (χ4n) is 3.15. The molecule has 168 valence electrons. The Labute approximate surface area is 194 Å². The molecule has 0 aliphatic heterocycles. The normalized spacial score (nSPS) is 12.3. The van der Waals surface area contributed by atoms with Gasteiger partial charge in [0.05, 0.1) is 14.2 Å². The Kier molecular flexibility index (Phi) is 15.9. The summed E-state index contributed by atoms with van der Waals surface area (Å²) in [4.78, 5) is 7.21. The highest BCUT2D eigenvalue weighted by Gasteiger charge is 2.08. The van der Waals surface area contributed by atoms with Gasteiger partial charge in [0.1, 0.15) is 11.5 Å². The number of methoxy groups -OCH3 is 2. The number of ether oxygens (including phenoxy) is 2. The Morgan fingerprint density at radius 3 is 2.45 bits per heavy atom. The molecule has 0 aromatic heterocycles. The molecule has 0 aliphatic carbocycles. The molecule has 29 heavy (non-hydrogen) atoms. The lowest BCUT2D eigenvalue weighted by molar-refractivity contribution is 0.292. The van der Waals surface area contributed by atoms with E-state index in [2.05, 4.69) is 43.2 Å². The number of hydrogen-bond acceptors (Lipinski definition) is 4. The van der Waals surface area contributed by atoms with E-state index in [1.54, 1.807) is 14.2 Å². The van der Waals surface area contributed by atoms with E-state index in [4.69, 9.17) is 14.5 Å². The van der Waals surface area contributed by atoms with Gasteiger partial charge in [-0.2, -0.15) is 0 Å². The van der Waals surface area contributed by atoms with Gasteiger partial charge in [0, 0.05) is 19.1 Å². The standard InChI is InChI=1S/C22H40N4O2.HI/c1-7-23-22(25-18(4)11-10-16-26(8-2)9-3)24-15-14-19-17-20(27-5)12-13-21(19)28-6;/h12-13,17-18H,7-11,14-16H2,1-6H3,(H2,23,24,25);1H. The number of hydrogen-bond donors (Lipinski definition) is 2. The van der Waals surface area contributed by atoms with Crippen LogP contribution in [0.25, 0.3) is 0 Å². The topological polar surface area (TPSA) is 58.1 Å². The summed E-state index contributed by atoms with van der Waals surface area (Å²) in [5.41, 5.74) is 1.11. The summed E-state index contributed by atoms with van der Waals surface area (Å²) >= 11 is 0. The van der Waals surface area contributed by atoms with E-state index >= 15 is 0 Å². The first-order valence-electron chi connectivity index (χ1n) is 10.6. The Bertz CT molecular complexity index is 580. The van der Waals surface area contributed by atoms with Gasteiger partial charge in [0.25, 0.3) is 0 Å². The third-order valence-corrected chi connectivity index (χ3v) is 4.87. The van der Waals surface area contributed by atoms with Crippen molar-refractivity contribution in [3.63, 3.8) is 0 Å². The van der Waals surface area contributed by atoms with Crippen LogP contribution in [0.1, 0.15) is 46.1 Å². The lowest BCUT2D eigenvalue weighted by atomic mass is 10.1. The van der Waals surface area contributed by atoms with Crippen molar-refractivity contribution in [2.45, 2.75) is 53.0 Å². The van der Waals surface area contributed by atoms with E-state index in [1.807, 2.05) is 18.2 Å². The Morgan fingerprint density at radius 1 is 1.14 bits per heavy atom. The van der Waals surface area contributed by atoms with Crippen molar-refractivity contribution in [1.82, 2.24) is 15.5 Å². The van der Waals surface area contributed by atoms with Crippen molar-refractivity contribution in [1.29, 1.82) is 0 Å². The van der Waals surface area contributed by atoms with Gasteiger partial charge in [0.2, 0.25) is 0 Å². The third kappa shape index (κ3) is 10.9. The molecule has 0 bridgehead atoms. The fourth-order valence-corrected chi connectivity index (χ4v) is 3.15. The molecule has 0 saturated heterocycles. The van der Waals surface area contributed by atoms with Gasteiger partial charge < -0.3 is 25.0 Å². The van der Waals surface area contributed by atoms with Crippen LogP contribution >= 0.6 is 24.0 Å². The van der Waals surface area contributed by atoms with Crippen molar-refractivity contribution in [2.75, 3.05) is 46.9 Å². The number of rotatable bonds is 13. The number of benzene rings is 1. The SMILES string of the molecule is CCNC(=NCCc1cc(OC)ccc1OC)NC(C)CCCN(CC)CC.I. The Hall–Kier alpha value is -1.22. The summed E-state index contributed by atoms with van der Waals surface area (Å²) in [5.74, 6) is 2.59. The summed E-state index contributed by atoms with van der Waals surface area (Å²) in [6.07, 6.45) is 3.12. The van der Waals surface area contributed by atoms with E-state index in [0.717, 1.165) is 62.0 Å². The highest BCUT2D eigenvalue weighted by atomic mass is 127. The second-order valence-electron chi connectivity index (χ2n) is 6.90. The predicted octanol–water partition coefficient (Wildman–Crippen LogP) is 3.93. The first-order valence-corrected chi connectivity index (χ1v) is 10.6. The monoisotopic (exact) mass is 520 g/mol. The van der Waals surface area contributed by atoms with Crippen LogP contribution in [0.3, 0.4) is 0 Å². The highest BCUT2D eigenvalue weighted by molar-refractivity contribution is 14.0. The molecule has 1 atom stereocenters. The quantitative estimate of drug-likeness (QED) is 0.235. The first kappa shape index (κ1) is 27.8. The van der Waals surface area contributed by atoms with E-state index in [-0.39, 0.29) is 24.0 Å². The van der Waals surface area contributed by atoms with Crippen LogP contribution in [0, 0.1) is 0 Å². The lowest BCUT2D eigenvalue weighted by Crippen LogP contribution is -2.42. The molecule has 1 unspecified atom stereocenters. The molecule has 6 nitrogen and oxygen atoms in total. The summed E-state index contributed by atoms with van der Waals surface area (Å²) in [6, 6.07) is 6.26. The fraction of sp³-hybridized carbons (Fsp3) is 0.682. The number of aliphatic imine (C=N–C) groups is 1. The van der Waals surface area contributed by atoms with Crippen LogP contribution in [0.5, 0.6) is 11.5 Å². The molecule has 1 aromatic rings. The first-order chi connectivity index (χ1) is 13.6. The number of nitrogens with one attached hydrogen (secondary N) is 2. The molecular weight excluding hydrogens is 479 g/mol. The van der Waals surface area contributed by atoms with E-state index < -0.39 is 0 Å². The van der Waals surface area contributed by atoms with Crippen LogP contribution in [0.2, 0.25) is 0 Å². The van der Waals surface area contributed by atoms with Crippen molar-refractivity contribution in [3.8, 4) is 11.5 Å². The van der Waals surface area contributed by atoms with Crippen molar-refractivity contribution in [3.05, 3.63) is 23.8 Å². The largest absolute Gasteiger partial charge is 0.497 e. The third-order valence-electron chi connectivity index (χ3n) is 4.87. The minimum absolute atomic E-state index is 0. The van der Waals surface area contributed by atoms with Crippen molar-refractivity contribution >= 4 is 29.9 Å². The molecule has 7 heteroatoms. The number of nitrogens with zero attached hydrogens (tertiary/aromatic N) is 2. The minimum Gasteiger partial charge on any atom is -0.497 e. The van der Waals surface area contributed by atoms with E-state index in [0.29, 0.717) is 12.6 Å². The maximum Gasteiger partial charge on any atom is 0.191 e. The average Bonchev–Trinajstić information content (AvgIpc) is 2.71. The molecule has 0 aliphatic rings. The van der Waals surface area contributed by atoms with Crippen LogP contribution in [0.4, 0.5) is 0 Å². The zero-order chi connectivity index (χ0) is 20.8. The molecule has 1 rings (SSSR count). The molecular formula is C22H41IN4O2. The number of guanidine groups is 1. The van der Waals surface area contributed by atoms with Crippen LogP contribution < -0.4 is 20.1 Å². The van der Waals surface area contributed by atoms with Gasteiger partial charge in [-0.15, -0.1) is 24.0 Å². The molecule has 0 heterocycles. The molecule has 0 spiro atoms. The molecule has 0 amide bonds.